The topological polar surface area (TPSA) is 148 Å². The molecule has 0 saturated carbocycles. The monoisotopic (exact) mass is 388 g/mol. The molecule has 0 unspecified atom stereocenters. The highest BCUT2D eigenvalue weighted by atomic mass is 16.5. The first-order valence-electron chi connectivity index (χ1n) is 8.98. The Hall–Kier alpha value is -1.52. The summed E-state index contributed by atoms with van der Waals surface area (Å²) in [5.41, 5.74) is -0.235. The number of hydrogen-bond donors (Lipinski definition) is 6. The van der Waals surface area contributed by atoms with Crippen molar-refractivity contribution in [2.75, 3.05) is 13.7 Å². The molecule has 2 amide bonds. The van der Waals surface area contributed by atoms with E-state index in [0.717, 1.165) is 0 Å². The average Bonchev–Trinajstić information content (AvgIpc) is 2.74. The van der Waals surface area contributed by atoms with E-state index in [2.05, 4.69) is 10.6 Å². The van der Waals surface area contributed by atoms with E-state index in [1.807, 2.05) is 20.8 Å². The van der Waals surface area contributed by atoms with Gasteiger partial charge in [-0.15, -0.1) is 0 Å². The molecule has 9 nitrogen and oxygen atoms in total. The van der Waals surface area contributed by atoms with Gasteiger partial charge in [0.15, 0.2) is 6.10 Å². The molecule has 0 aliphatic carbocycles. The predicted molar refractivity (Wildman–Crippen MR) is 97.6 cm³/mol. The number of amides is 2. The molecular formula is C18H32N2O7. The Bertz CT molecular complexity index is 532. The van der Waals surface area contributed by atoms with Gasteiger partial charge in [-0.05, 0) is 18.3 Å². The van der Waals surface area contributed by atoms with Crippen LogP contribution >= 0.6 is 0 Å². The lowest BCUT2D eigenvalue weighted by atomic mass is 9.94. The number of nitrogens with one attached hydrogen (secondary N) is 2. The molecular weight excluding hydrogens is 356 g/mol. The Kier molecular flexibility index (Phi) is 8.83. The lowest BCUT2D eigenvalue weighted by Gasteiger charge is -2.28. The molecule has 0 spiro atoms. The van der Waals surface area contributed by atoms with Gasteiger partial charge in [0.2, 0.25) is 5.91 Å². The van der Waals surface area contributed by atoms with Crippen molar-refractivity contribution in [2.24, 2.45) is 5.41 Å². The molecule has 6 atom stereocenters. The molecule has 1 heterocycles. The maximum Gasteiger partial charge on any atom is 0.252 e. The van der Waals surface area contributed by atoms with Gasteiger partial charge in [-0.2, -0.15) is 0 Å². The SMILES string of the molecule is CO[C@@H](C(=O)N[C@H]1CC[C@H](O)CNC1=O)[C@H](O)[C@@H](O)[C@H](O)/C=C/C(C)(C)C. The average molecular weight is 388 g/mol. The van der Waals surface area contributed by atoms with Gasteiger partial charge in [-0.1, -0.05) is 32.9 Å². The zero-order valence-electron chi connectivity index (χ0n) is 16.3. The quantitative estimate of drug-likeness (QED) is 0.289. The highest BCUT2D eigenvalue weighted by Gasteiger charge is 2.37. The van der Waals surface area contributed by atoms with Crippen molar-refractivity contribution in [1.82, 2.24) is 10.6 Å². The smallest absolute Gasteiger partial charge is 0.252 e. The summed E-state index contributed by atoms with van der Waals surface area (Å²) >= 11 is 0. The van der Waals surface area contributed by atoms with E-state index < -0.39 is 48.4 Å². The number of hydrogen-bond acceptors (Lipinski definition) is 7. The number of carbonyl (C=O) groups is 2. The van der Waals surface area contributed by atoms with Crippen molar-refractivity contribution in [1.29, 1.82) is 0 Å². The Labute approximate surface area is 159 Å². The number of aliphatic hydroxyl groups is 4. The lowest BCUT2D eigenvalue weighted by Crippen LogP contribution is -2.55. The maximum absolute atomic E-state index is 12.4. The normalized spacial score (nSPS) is 26.0. The predicted octanol–water partition coefficient (Wildman–Crippen LogP) is -1.56. The Morgan fingerprint density at radius 2 is 1.89 bits per heavy atom. The van der Waals surface area contributed by atoms with Crippen LogP contribution in [0, 0.1) is 5.41 Å². The van der Waals surface area contributed by atoms with Crippen molar-refractivity contribution in [2.45, 2.75) is 70.2 Å². The number of ether oxygens (including phenoxy) is 1. The van der Waals surface area contributed by atoms with Crippen LogP contribution in [0.4, 0.5) is 0 Å². The molecule has 1 aliphatic heterocycles. The first kappa shape index (κ1) is 23.5. The third-order valence-electron chi connectivity index (χ3n) is 4.25. The molecule has 1 aliphatic rings. The van der Waals surface area contributed by atoms with Crippen LogP contribution in [0.15, 0.2) is 12.2 Å². The number of β-amino-alcohol motifs (C(OH)–C–C–N with tert-alkyl or cyclic N) is 1. The molecule has 1 saturated heterocycles. The van der Waals surface area contributed by atoms with E-state index in [1.165, 1.54) is 13.2 Å². The second-order valence-electron chi connectivity index (χ2n) is 7.89. The van der Waals surface area contributed by atoms with Crippen molar-refractivity contribution in [3.8, 4) is 0 Å². The van der Waals surface area contributed by atoms with Gasteiger partial charge >= 0.3 is 0 Å². The van der Waals surface area contributed by atoms with Gasteiger partial charge in [-0.25, -0.2) is 0 Å². The van der Waals surface area contributed by atoms with E-state index in [4.69, 9.17) is 4.74 Å². The van der Waals surface area contributed by atoms with Crippen LogP contribution in [0.5, 0.6) is 0 Å². The molecule has 9 heteroatoms. The zero-order chi connectivity index (χ0) is 20.8. The van der Waals surface area contributed by atoms with Crippen LogP contribution in [0.1, 0.15) is 33.6 Å². The summed E-state index contributed by atoms with van der Waals surface area (Å²) in [6.07, 6.45) is -3.38. The summed E-state index contributed by atoms with van der Waals surface area (Å²) in [5, 5.41) is 45.0. The minimum absolute atomic E-state index is 0.104. The molecule has 0 aromatic heterocycles. The molecule has 0 aromatic rings. The van der Waals surface area contributed by atoms with Gasteiger partial charge in [0.05, 0.1) is 6.10 Å². The van der Waals surface area contributed by atoms with Crippen LogP contribution < -0.4 is 10.6 Å². The maximum atomic E-state index is 12.4. The first-order valence-corrected chi connectivity index (χ1v) is 8.98. The number of methoxy groups -OCH3 is 1. The first-order chi connectivity index (χ1) is 12.5. The van der Waals surface area contributed by atoms with Crippen LogP contribution in [0.2, 0.25) is 0 Å². The standard InChI is InChI=1S/C18H32N2O7/c1-18(2,3)8-7-12(22)13(23)14(24)15(27-4)17(26)20-11-6-5-10(21)9-19-16(11)25/h7-8,10-15,21-24H,5-6,9H2,1-4H3,(H,19,25)(H,20,26)/b8-7+/t10-,11-,12+,13-,14+,15+/m0/s1. The molecule has 6 N–H and O–H groups in total. The van der Waals surface area contributed by atoms with Gasteiger partial charge < -0.3 is 35.8 Å². The van der Waals surface area contributed by atoms with Gasteiger partial charge in [-0.3, -0.25) is 9.59 Å². The summed E-state index contributed by atoms with van der Waals surface area (Å²) in [7, 11) is 1.18. The van der Waals surface area contributed by atoms with Crippen LogP contribution in [-0.4, -0.2) is 82.5 Å². The van der Waals surface area contributed by atoms with E-state index in [1.54, 1.807) is 6.08 Å². The second kappa shape index (κ2) is 10.1. The Balaban J connectivity index is 2.75. The molecule has 156 valence electrons. The Morgan fingerprint density at radius 1 is 1.26 bits per heavy atom. The van der Waals surface area contributed by atoms with E-state index in [9.17, 15) is 30.0 Å². The number of allylic oxidation sites excluding steroid dienone is 1. The molecule has 0 aromatic carbocycles. The minimum atomic E-state index is -1.71. The molecule has 1 rings (SSSR count). The third kappa shape index (κ3) is 7.55. The van der Waals surface area contributed by atoms with Crippen LogP contribution in [-0.2, 0) is 14.3 Å². The van der Waals surface area contributed by atoms with Gasteiger partial charge in [0.25, 0.3) is 5.91 Å². The Morgan fingerprint density at radius 3 is 2.44 bits per heavy atom. The summed E-state index contributed by atoms with van der Waals surface area (Å²) in [6.45, 7) is 5.81. The minimum Gasteiger partial charge on any atom is -0.391 e. The summed E-state index contributed by atoms with van der Waals surface area (Å²) in [5.74, 6) is -1.24. The van der Waals surface area contributed by atoms with E-state index >= 15 is 0 Å². The lowest BCUT2D eigenvalue weighted by molar-refractivity contribution is -0.150. The van der Waals surface area contributed by atoms with Crippen molar-refractivity contribution in [3.63, 3.8) is 0 Å². The van der Waals surface area contributed by atoms with Crippen molar-refractivity contribution >= 4 is 11.8 Å². The van der Waals surface area contributed by atoms with Gasteiger partial charge in [0.1, 0.15) is 24.4 Å². The molecule has 0 bridgehead atoms. The summed E-state index contributed by atoms with van der Waals surface area (Å²) in [4.78, 5) is 24.4. The summed E-state index contributed by atoms with van der Waals surface area (Å²) < 4.78 is 4.98. The fourth-order valence-corrected chi connectivity index (χ4v) is 2.61. The third-order valence-corrected chi connectivity index (χ3v) is 4.25. The highest BCUT2D eigenvalue weighted by Crippen LogP contribution is 2.17. The van der Waals surface area contributed by atoms with E-state index in [0.29, 0.717) is 6.42 Å². The molecule has 27 heavy (non-hydrogen) atoms. The highest BCUT2D eigenvalue weighted by molar-refractivity contribution is 5.89. The number of aliphatic hydroxyl groups excluding tert-OH is 4. The van der Waals surface area contributed by atoms with E-state index in [-0.39, 0.29) is 18.4 Å². The van der Waals surface area contributed by atoms with Crippen LogP contribution in [0.25, 0.3) is 0 Å². The number of carbonyl (C=O) groups excluding carboxylic acids is 2. The fraction of sp³-hybridized carbons (Fsp3) is 0.778. The molecule has 0 radical (unpaired) electrons. The second-order valence-corrected chi connectivity index (χ2v) is 7.89. The summed E-state index contributed by atoms with van der Waals surface area (Å²) in [6, 6.07) is -0.887. The van der Waals surface area contributed by atoms with Crippen molar-refractivity contribution < 1.29 is 34.8 Å². The molecule has 1 fully saturated rings. The van der Waals surface area contributed by atoms with Crippen molar-refractivity contribution in [3.05, 3.63) is 12.2 Å². The largest absolute Gasteiger partial charge is 0.391 e. The van der Waals surface area contributed by atoms with Gasteiger partial charge in [0, 0.05) is 13.7 Å². The fourth-order valence-electron chi connectivity index (χ4n) is 2.61. The zero-order valence-corrected chi connectivity index (χ0v) is 16.3. The van der Waals surface area contributed by atoms with Crippen LogP contribution in [0.3, 0.4) is 0 Å². The number of rotatable bonds is 7.